The Kier molecular flexibility index (Phi) is 19.3. The van der Waals surface area contributed by atoms with Crippen molar-refractivity contribution in [2.75, 3.05) is 27.4 Å². The lowest BCUT2D eigenvalue weighted by atomic mass is 9.82. The SMILES string of the molecule is COc1ccc(COCC[C@@H]2O[C@@](C[C@@H]3C[C@H]([C@@H](CC[C@@H]4C[C@H](CCOCc5ccccc5)OC(C)(C)O4)O[Si](C)(C)C(C)(C)C)OC(C)(C)O3)(OC)C[C@H](O)[C@H]2C(=O)N2C(=O)O[C@H](c3ccccc3)[C@@H]2C)cc1. The quantitative estimate of drug-likeness (QED) is 0.0748. The number of aliphatic hydroxyl groups is 1. The van der Waals surface area contributed by atoms with E-state index in [1.807, 2.05) is 100 Å². The van der Waals surface area contributed by atoms with Crippen LogP contribution in [0, 0.1) is 5.92 Å². The zero-order valence-electron chi connectivity index (χ0n) is 46.0. The van der Waals surface area contributed by atoms with E-state index in [-0.39, 0.29) is 55.3 Å². The number of hydrogen-bond acceptors (Lipinski definition) is 14. The number of carbonyl (C=O) groups is 2. The average molecular weight is 1050 g/mol. The molecule has 4 heterocycles. The van der Waals surface area contributed by atoms with Gasteiger partial charge < -0.3 is 56.9 Å². The van der Waals surface area contributed by atoms with Crippen molar-refractivity contribution >= 4 is 20.3 Å². The largest absolute Gasteiger partial charge is 0.497 e. The number of rotatable bonds is 22. The van der Waals surface area contributed by atoms with Crippen molar-refractivity contribution in [3.8, 4) is 5.75 Å². The average Bonchev–Trinajstić information content (AvgIpc) is 3.64. The Balaban J connectivity index is 1.08. The van der Waals surface area contributed by atoms with Crippen LogP contribution in [-0.2, 0) is 65.1 Å². The van der Waals surface area contributed by atoms with Crippen LogP contribution in [0.1, 0.15) is 130 Å². The van der Waals surface area contributed by atoms with Crippen molar-refractivity contribution in [1.82, 2.24) is 4.90 Å². The van der Waals surface area contributed by atoms with E-state index in [1.165, 1.54) is 0 Å². The van der Waals surface area contributed by atoms with Gasteiger partial charge in [0.05, 0.1) is 75.0 Å². The Hall–Kier alpha value is -3.78. The Morgan fingerprint density at radius 3 is 1.97 bits per heavy atom. The Bertz CT molecular complexity index is 2240. The Labute approximate surface area is 441 Å². The van der Waals surface area contributed by atoms with E-state index >= 15 is 0 Å². The van der Waals surface area contributed by atoms with Crippen molar-refractivity contribution < 1.29 is 66.5 Å². The molecule has 4 aliphatic heterocycles. The molecule has 16 heteroatoms. The van der Waals surface area contributed by atoms with E-state index in [1.54, 1.807) is 21.1 Å². The summed E-state index contributed by atoms with van der Waals surface area (Å²) >= 11 is 0. The molecule has 0 aliphatic carbocycles. The van der Waals surface area contributed by atoms with Gasteiger partial charge in [0.15, 0.2) is 25.7 Å². The van der Waals surface area contributed by atoms with Crippen LogP contribution in [0.5, 0.6) is 5.75 Å². The molecule has 0 bridgehead atoms. The minimum Gasteiger partial charge on any atom is -0.497 e. The molecule has 7 rings (SSSR count). The van der Waals surface area contributed by atoms with Crippen molar-refractivity contribution in [2.45, 2.75) is 210 Å². The lowest BCUT2D eigenvalue weighted by molar-refractivity contribution is -0.347. The maximum Gasteiger partial charge on any atom is 0.417 e. The fourth-order valence-electron chi connectivity index (χ4n) is 10.7. The van der Waals surface area contributed by atoms with Crippen molar-refractivity contribution in [1.29, 1.82) is 0 Å². The molecule has 410 valence electrons. The molecule has 0 unspecified atom stereocenters. The number of methoxy groups -OCH3 is 2. The summed E-state index contributed by atoms with van der Waals surface area (Å²) in [5.74, 6) is -4.15. The summed E-state index contributed by atoms with van der Waals surface area (Å²) in [6.07, 6.45) is -1.20. The van der Waals surface area contributed by atoms with E-state index < -0.39 is 74.1 Å². The minimum absolute atomic E-state index is 0.0319. The second kappa shape index (κ2) is 24.7. The van der Waals surface area contributed by atoms with Gasteiger partial charge in [0.2, 0.25) is 5.91 Å². The van der Waals surface area contributed by atoms with Crippen LogP contribution in [0.3, 0.4) is 0 Å². The number of amides is 2. The highest BCUT2D eigenvalue weighted by atomic mass is 28.4. The van der Waals surface area contributed by atoms with Gasteiger partial charge >= 0.3 is 6.09 Å². The summed E-state index contributed by atoms with van der Waals surface area (Å²) in [7, 11) is 0.815. The van der Waals surface area contributed by atoms with E-state index in [2.05, 4.69) is 46.0 Å². The van der Waals surface area contributed by atoms with Crippen LogP contribution in [0.25, 0.3) is 0 Å². The molecule has 4 fully saturated rings. The van der Waals surface area contributed by atoms with Crippen LogP contribution in [0.4, 0.5) is 4.79 Å². The third-order valence-corrected chi connectivity index (χ3v) is 20.0. The molecular weight excluding hydrogens is 963 g/mol. The molecule has 4 saturated heterocycles. The number of aliphatic hydroxyl groups excluding tert-OH is 1. The van der Waals surface area contributed by atoms with Gasteiger partial charge in [-0.15, -0.1) is 0 Å². The smallest absolute Gasteiger partial charge is 0.417 e. The first-order valence-electron chi connectivity index (χ1n) is 26.7. The third-order valence-electron chi connectivity index (χ3n) is 15.5. The van der Waals surface area contributed by atoms with Crippen LogP contribution >= 0.6 is 0 Å². The van der Waals surface area contributed by atoms with Crippen molar-refractivity contribution in [2.24, 2.45) is 5.92 Å². The number of imide groups is 1. The van der Waals surface area contributed by atoms with Crippen molar-refractivity contribution in [3.05, 3.63) is 102 Å². The molecular formula is C58H85NO14Si. The van der Waals surface area contributed by atoms with Gasteiger partial charge in [0.25, 0.3) is 0 Å². The summed E-state index contributed by atoms with van der Waals surface area (Å²) < 4.78 is 70.6. The lowest BCUT2D eigenvalue weighted by Crippen LogP contribution is -2.60. The van der Waals surface area contributed by atoms with Gasteiger partial charge in [-0.2, -0.15) is 0 Å². The van der Waals surface area contributed by atoms with Crippen molar-refractivity contribution in [3.63, 3.8) is 0 Å². The number of cyclic esters (lactones) is 1. The topological polar surface area (TPSA) is 159 Å². The maximum absolute atomic E-state index is 14.8. The third kappa shape index (κ3) is 15.0. The van der Waals surface area contributed by atoms with Crippen LogP contribution in [0.2, 0.25) is 18.1 Å². The molecule has 1 N–H and O–H groups in total. The first kappa shape index (κ1) is 57.9. The minimum atomic E-state index is -2.36. The molecule has 74 heavy (non-hydrogen) atoms. The fraction of sp³-hybridized carbons (Fsp3) is 0.655. The highest BCUT2D eigenvalue weighted by molar-refractivity contribution is 6.74. The van der Waals surface area contributed by atoms with Crippen LogP contribution < -0.4 is 4.74 Å². The molecule has 11 atom stereocenters. The molecule has 4 aliphatic rings. The number of nitrogens with zero attached hydrogens (tertiary/aromatic N) is 1. The lowest BCUT2D eigenvalue weighted by Gasteiger charge is -2.50. The zero-order valence-corrected chi connectivity index (χ0v) is 47.0. The van der Waals surface area contributed by atoms with E-state index in [0.717, 1.165) is 46.6 Å². The summed E-state index contributed by atoms with van der Waals surface area (Å²) in [6, 6.07) is 26.5. The predicted octanol–water partition coefficient (Wildman–Crippen LogP) is 10.8. The predicted molar refractivity (Wildman–Crippen MR) is 281 cm³/mol. The second-order valence-corrected chi connectivity index (χ2v) is 27.8. The molecule has 15 nitrogen and oxygen atoms in total. The molecule has 3 aromatic rings. The molecule has 3 aromatic carbocycles. The number of hydrogen-bond donors (Lipinski definition) is 1. The molecule has 0 spiro atoms. The molecule has 0 radical (unpaired) electrons. The standard InChI is InChI=1S/C58H85NO14Si/c1-39-52(42-21-17-14-18-22-42)67-54(62)59(39)53(61)51-47(60)36-58(64-10,72-49(51)30-32-66-38-41-23-25-43(63-9)26-24-41)35-46-34-50(71-57(7,8)70-46)48(73-74(11,12)55(2,3)4)28-27-44-33-45(69-56(5,6)68-44)29-31-65-37-40-19-15-13-16-20-40/h13-26,39,44-52,60H,27-38H2,1-12H3/t39-,44+,45-,46-,47-,48+,49-,50+,51+,52-,58+/m0/s1. The monoisotopic (exact) mass is 1050 g/mol. The summed E-state index contributed by atoms with van der Waals surface area (Å²) in [6.45, 7) is 22.4. The van der Waals surface area contributed by atoms with Gasteiger partial charge in [0, 0.05) is 46.0 Å². The Morgan fingerprint density at radius 1 is 0.770 bits per heavy atom. The van der Waals surface area contributed by atoms with Gasteiger partial charge in [-0.1, -0.05) is 93.6 Å². The zero-order chi connectivity index (χ0) is 53.5. The highest BCUT2D eigenvalue weighted by Gasteiger charge is 2.56. The molecule has 2 amide bonds. The summed E-state index contributed by atoms with van der Waals surface area (Å²) in [5, 5.41) is 12.2. The highest BCUT2D eigenvalue weighted by Crippen LogP contribution is 2.46. The maximum atomic E-state index is 14.8. The van der Waals surface area contributed by atoms with E-state index in [0.29, 0.717) is 32.7 Å². The molecule has 0 aromatic heterocycles. The summed E-state index contributed by atoms with van der Waals surface area (Å²) in [5.41, 5.74) is 2.85. The van der Waals surface area contributed by atoms with Gasteiger partial charge in [-0.25, -0.2) is 9.69 Å². The van der Waals surface area contributed by atoms with Gasteiger partial charge in [-0.3, -0.25) is 4.79 Å². The first-order valence-corrected chi connectivity index (χ1v) is 29.6. The number of ether oxygens (including phenoxy) is 10. The number of benzene rings is 3. The Morgan fingerprint density at radius 2 is 1.35 bits per heavy atom. The fourth-order valence-corrected chi connectivity index (χ4v) is 12.1. The van der Waals surface area contributed by atoms with E-state index in [9.17, 15) is 14.7 Å². The van der Waals surface area contributed by atoms with Gasteiger partial charge in [0.1, 0.15) is 11.9 Å². The van der Waals surface area contributed by atoms with Gasteiger partial charge in [-0.05, 0) is 107 Å². The molecule has 0 saturated carbocycles. The normalized spacial score (nSPS) is 29.7. The van der Waals surface area contributed by atoms with Crippen LogP contribution in [-0.4, -0.2) is 124 Å². The van der Waals surface area contributed by atoms with E-state index in [4.69, 9.17) is 51.8 Å². The van der Waals surface area contributed by atoms with Crippen LogP contribution in [0.15, 0.2) is 84.9 Å². The summed E-state index contributed by atoms with van der Waals surface area (Å²) in [4.78, 5) is 29.5. The number of carbonyl (C=O) groups excluding carboxylic acids is 2. The first-order chi connectivity index (χ1) is 35.0. The second-order valence-electron chi connectivity index (χ2n) is 23.1.